The molecule has 0 aromatic heterocycles. The molecule has 0 N–H and O–H groups in total. The molecule has 78 valence electrons. The van der Waals surface area contributed by atoms with Gasteiger partial charge in [-0.25, -0.2) is 0 Å². The van der Waals surface area contributed by atoms with Crippen LogP contribution in [0.15, 0.2) is 48.4 Å². The predicted molar refractivity (Wildman–Crippen MR) is 65.5 cm³/mol. The van der Waals surface area contributed by atoms with E-state index in [1.54, 1.807) is 24.3 Å². The molecular formula is C12H18OS. The largest absolute Gasteiger partial charge is 0.254 e. The van der Waals surface area contributed by atoms with Gasteiger partial charge in [-0.2, -0.15) is 0 Å². The van der Waals surface area contributed by atoms with Crippen LogP contribution in [0.4, 0.5) is 0 Å². The maximum atomic E-state index is 11.8. The van der Waals surface area contributed by atoms with Gasteiger partial charge < -0.3 is 0 Å². The highest BCUT2D eigenvalue weighted by atomic mass is 32.2. The van der Waals surface area contributed by atoms with Gasteiger partial charge in [0.2, 0.25) is 0 Å². The van der Waals surface area contributed by atoms with Crippen molar-refractivity contribution >= 4 is 10.8 Å². The van der Waals surface area contributed by atoms with Gasteiger partial charge in [-0.1, -0.05) is 45.2 Å². The van der Waals surface area contributed by atoms with Crippen molar-refractivity contribution in [3.05, 3.63) is 48.4 Å². The Kier molecular flexibility index (Phi) is 7.03. The van der Waals surface area contributed by atoms with Gasteiger partial charge >= 0.3 is 0 Å². The number of hydrogen-bond donors (Lipinski definition) is 0. The molecule has 0 aromatic rings. The lowest BCUT2D eigenvalue weighted by atomic mass is 10.3. The van der Waals surface area contributed by atoms with Gasteiger partial charge in [0.1, 0.15) is 0 Å². The molecule has 2 heteroatoms. The summed E-state index contributed by atoms with van der Waals surface area (Å²) < 4.78 is 11.8. The third-order valence-electron chi connectivity index (χ3n) is 1.43. The van der Waals surface area contributed by atoms with Gasteiger partial charge in [0.05, 0.1) is 10.8 Å². The zero-order valence-electron chi connectivity index (χ0n) is 8.90. The topological polar surface area (TPSA) is 17.1 Å². The van der Waals surface area contributed by atoms with Gasteiger partial charge in [0.15, 0.2) is 0 Å². The summed E-state index contributed by atoms with van der Waals surface area (Å²) in [5.41, 5.74) is 0. The Morgan fingerprint density at radius 2 is 2.00 bits per heavy atom. The average molecular weight is 210 g/mol. The van der Waals surface area contributed by atoms with Crippen molar-refractivity contribution in [1.82, 2.24) is 0 Å². The molecule has 14 heavy (non-hydrogen) atoms. The standard InChI is InChI=1S/C12H18OS/c1-5-7-9-12(8-6-2)14(13)10-11(3)4/h5-9,11H,1-2,10H2,3-4H3/b9-7-,12-8+. The molecule has 0 bridgehead atoms. The quantitative estimate of drug-likeness (QED) is 0.615. The van der Waals surface area contributed by atoms with Crippen LogP contribution in [0.5, 0.6) is 0 Å². The molecule has 0 rings (SSSR count). The van der Waals surface area contributed by atoms with Crippen LogP contribution in [-0.2, 0) is 10.8 Å². The molecule has 0 fully saturated rings. The summed E-state index contributed by atoms with van der Waals surface area (Å²) in [6.45, 7) is 11.3. The first kappa shape index (κ1) is 13.1. The van der Waals surface area contributed by atoms with Crippen molar-refractivity contribution in [3.8, 4) is 0 Å². The predicted octanol–water partition coefficient (Wildman–Crippen LogP) is 3.20. The summed E-state index contributed by atoms with van der Waals surface area (Å²) in [7, 11) is -0.934. The second-order valence-corrected chi connectivity index (χ2v) is 4.80. The van der Waals surface area contributed by atoms with Crippen LogP contribution >= 0.6 is 0 Å². The number of allylic oxidation sites excluding steroid dienone is 5. The number of hydrogen-bond acceptors (Lipinski definition) is 1. The van der Waals surface area contributed by atoms with E-state index in [2.05, 4.69) is 27.0 Å². The first-order valence-electron chi connectivity index (χ1n) is 4.62. The third kappa shape index (κ3) is 5.70. The van der Waals surface area contributed by atoms with Crippen molar-refractivity contribution in [2.24, 2.45) is 5.92 Å². The molecule has 1 unspecified atom stereocenters. The van der Waals surface area contributed by atoms with Crippen LogP contribution in [0.1, 0.15) is 13.8 Å². The van der Waals surface area contributed by atoms with E-state index < -0.39 is 10.8 Å². The Labute approximate surface area is 89.4 Å². The highest BCUT2D eigenvalue weighted by molar-refractivity contribution is 7.89. The van der Waals surface area contributed by atoms with Crippen LogP contribution in [-0.4, -0.2) is 9.96 Å². The van der Waals surface area contributed by atoms with Gasteiger partial charge in [0, 0.05) is 10.7 Å². The van der Waals surface area contributed by atoms with Crippen molar-refractivity contribution < 1.29 is 4.21 Å². The lowest BCUT2D eigenvalue weighted by molar-refractivity contribution is 0.669. The SMILES string of the molecule is C=C/C=C\C(=C/C=C)S(=O)CC(C)C. The minimum atomic E-state index is -0.934. The summed E-state index contributed by atoms with van der Waals surface area (Å²) >= 11 is 0. The van der Waals surface area contributed by atoms with Crippen molar-refractivity contribution in [2.75, 3.05) is 5.75 Å². The first-order valence-corrected chi connectivity index (χ1v) is 5.94. The molecule has 0 saturated heterocycles. The van der Waals surface area contributed by atoms with Crippen molar-refractivity contribution in [2.45, 2.75) is 13.8 Å². The summed E-state index contributed by atoms with van der Waals surface area (Å²) in [6, 6.07) is 0. The molecule has 0 aromatic carbocycles. The summed E-state index contributed by atoms with van der Waals surface area (Å²) in [6.07, 6.45) is 8.70. The Morgan fingerprint density at radius 3 is 2.43 bits per heavy atom. The summed E-state index contributed by atoms with van der Waals surface area (Å²) in [5, 5.41) is 0. The highest BCUT2D eigenvalue weighted by Gasteiger charge is 2.05. The Hall–Kier alpha value is -0.890. The van der Waals surface area contributed by atoms with Gasteiger partial charge in [-0.05, 0) is 18.1 Å². The van der Waals surface area contributed by atoms with E-state index in [4.69, 9.17) is 0 Å². The fourth-order valence-electron chi connectivity index (χ4n) is 0.885. The van der Waals surface area contributed by atoms with Crippen LogP contribution in [0.2, 0.25) is 0 Å². The number of rotatable bonds is 6. The Morgan fingerprint density at radius 1 is 1.36 bits per heavy atom. The first-order chi connectivity index (χ1) is 6.61. The van der Waals surface area contributed by atoms with Crippen LogP contribution in [0, 0.1) is 5.92 Å². The monoisotopic (exact) mass is 210 g/mol. The van der Waals surface area contributed by atoms with Gasteiger partial charge in [0.25, 0.3) is 0 Å². The molecule has 1 nitrogen and oxygen atoms in total. The summed E-state index contributed by atoms with van der Waals surface area (Å²) in [5.74, 6) is 1.11. The molecule has 0 aliphatic carbocycles. The van der Waals surface area contributed by atoms with E-state index in [0.29, 0.717) is 11.7 Å². The molecular weight excluding hydrogens is 192 g/mol. The second-order valence-electron chi connectivity index (χ2n) is 3.31. The smallest absolute Gasteiger partial charge is 0.0532 e. The fourth-order valence-corrected chi connectivity index (χ4v) is 2.16. The van der Waals surface area contributed by atoms with E-state index in [1.165, 1.54) is 0 Å². The maximum Gasteiger partial charge on any atom is 0.0532 e. The molecule has 0 aliphatic rings. The van der Waals surface area contributed by atoms with E-state index in [1.807, 2.05) is 6.08 Å². The molecule has 0 amide bonds. The lowest BCUT2D eigenvalue weighted by Crippen LogP contribution is -2.05. The molecule has 0 saturated carbocycles. The average Bonchev–Trinajstić information content (AvgIpc) is 2.10. The second kappa shape index (κ2) is 7.51. The Balaban J connectivity index is 4.57. The van der Waals surface area contributed by atoms with E-state index in [0.717, 1.165) is 4.91 Å². The van der Waals surface area contributed by atoms with E-state index >= 15 is 0 Å². The molecule has 1 atom stereocenters. The minimum Gasteiger partial charge on any atom is -0.254 e. The third-order valence-corrected chi connectivity index (χ3v) is 3.19. The lowest BCUT2D eigenvalue weighted by Gasteiger charge is -2.04. The Bertz CT molecular complexity index is 272. The van der Waals surface area contributed by atoms with E-state index in [-0.39, 0.29) is 0 Å². The minimum absolute atomic E-state index is 0.432. The summed E-state index contributed by atoms with van der Waals surface area (Å²) in [4.78, 5) is 0.800. The zero-order valence-corrected chi connectivity index (χ0v) is 9.72. The maximum absolute atomic E-state index is 11.8. The van der Waals surface area contributed by atoms with Crippen LogP contribution < -0.4 is 0 Å². The van der Waals surface area contributed by atoms with Crippen LogP contribution in [0.3, 0.4) is 0 Å². The highest BCUT2D eigenvalue weighted by Crippen LogP contribution is 2.08. The molecule has 0 aliphatic heterocycles. The zero-order chi connectivity index (χ0) is 11.0. The fraction of sp³-hybridized carbons (Fsp3) is 0.333. The molecule has 0 radical (unpaired) electrons. The molecule has 0 spiro atoms. The van der Waals surface area contributed by atoms with Crippen molar-refractivity contribution in [3.63, 3.8) is 0 Å². The van der Waals surface area contributed by atoms with Gasteiger partial charge in [-0.15, -0.1) is 0 Å². The van der Waals surface area contributed by atoms with Gasteiger partial charge in [-0.3, -0.25) is 4.21 Å². The van der Waals surface area contributed by atoms with Crippen molar-refractivity contribution in [1.29, 1.82) is 0 Å². The van der Waals surface area contributed by atoms with Crippen LogP contribution in [0.25, 0.3) is 0 Å². The molecule has 0 heterocycles. The normalized spacial score (nSPS) is 14.6. The van der Waals surface area contributed by atoms with E-state index in [9.17, 15) is 4.21 Å².